The van der Waals surface area contributed by atoms with E-state index >= 15 is 0 Å². The molecule has 0 aromatic heterocycles. The number of hydrogen-bond acceptors (Lipinski definition) is 5. The monoisotopic (exact) mass is 336 g/mol. The maximum atomic E-state index is 12.4. The van der Waals surface area contributed by atoms with Crippen LogP contribution in [0.2, 0.25) is 0 Å². The van der Waals surface area contributed by atoms with Crippen LogP contribution in [0.1, 0.15) is 58.4 Å². The average Bonchev–Trinajstić information content (AvgIpc) is 2.54. The van der Waals surface area contributed by atoms with Crippen molar-refractivity contribution in [2.75, 3.05) is 13.2 Å². The third-order valence-electron chi connectivity index (χ3n) is 4.28. The average molecular weight is 336 g/mol. The molecular formula is C19H28O5. The van der Waals surface area contributed by atoms with Crippen molar-refractivity contribution in [2.45, 2.75) is 52.9 Å². The van der Waals surface area contributed by atoms with Crippen LogP contribution in [0.25, 0.3) is 0 Å². The van der Waals surface area contributed by atoms with E-state index in [1.54, 1.807) is 12.1 Å². The Morgan fingerprint density at radius 3 is 2.38 bits per heavy atom. The molecule has 5 nitrogen and oxygen atoms in total. The molecule has 0 bridgehead atoms. The number of benzene rings is 1. The second kappa shape index (κ2) is 9.42. The largest absolute Gasteiger partial charge is 0.465 e. The van der Waals surface area contributed by atoms with Gasteiger partial charge in [-0.15, -0.1) is 0 Å². The summed E-state index contributed by atoms with van der Waals surface area (Å²) in [6.45, 7) is 7.58. The van der Waals surface area contributed by atoms with Crippen molar-refractivity contribution in [2.24, 2.45) is 5.41 Å². The van der Waals surface area contributed by atoms with Crippen LogP contribution in [0, 0.1) is 5.41 Å². The number of hydrogen-bond donors (Lipinski definition) is 1. The van der Waals surface area contributed by atoms with Crippen molar-refractivity contribution in [3.05, 3.63) is 29.8 Å². The fourth-order valence-corrected chi connectivity index (χ4v) is 2.60. The Kier molecular flexibility index (Phi) is 7.92. The molecule has 1 rings (SSSR count). The molecule has 0 aliphatic rings. The third-order valence-corrected chi connectivity index (χ3v) is 4.28. The van der Waals surface area contributed by atoms with E-state index in [1.807, 2.05) is 26.0 Å². The predicted molar refractivity (Wildman–Crippen MR) is 91.8 cm³/mol. The summed E-state index contributed by atoms with van der Waals surface area (Å²) in [4.78, 5) is 23.3. The van der Waals surface area contributed by atoms with Gasteiger partial charge in [-0.05, 0) is 43.4 Å². The van der Waals surface area contributed by atoms with E-state index in [-0.39, 0.29) is 31.1 Å². The van der Waals surface area contributed by atoms with Gasteiger partial charge in [0.25, 0.3) is 0 Å². The standard InChI is InChI=1S/C19H28O5/c1-5-19(4,18(22)23-12-6-11-20)13-14(2)16-7-9-17(10-8-16)24-15(3)21/h7-10,14,20H,5-6,11-13H2,1-4H3. The molecule has 134 valence electrons. The van der Waals surface area contributed by atoms with Gasteiger partial charge in [-0.2, -0.15) is 0 Å². The highest BCUT2D eigenvalue weighted by Crippen LogP contribution is 2.36. The smallest absolute Gasteiger partial charge is 0.311 e. The summed E-state index contributed by atoms with van der Waals surface area (Å²) < 4.78 is 10.3. The van der Waals surface area contributed by atoms with Crippen molar-refractivity contribution in [3.8, 4) is 5.75 Å². The summed E-state index contributed by atoms with van der Waals surface area (Å²) in [7, 11) is 0. The lowest BCUT2D eigenvalue weighted by Crippen LogP contribution is -2.31. The third kappa shape index (κ3) is 5.96. The van der Waals surface area contributed by atoms with Gasteiger partial charge in [-0.25, -0.2) is 0 Å². The summed E-state index contributed by atoms with van der Waals surface area (Å²) >= 11 is 0. The molecule has 0 spiro atoms. The number of ether oxygens (including phenoxy) is 2. The lowest BCUT2D eigenvalue weighted by Gasteiger charge is -2.29. The molecule has 2 unspecified atom stereocenters. The summed E-state index contributed by atoms with van der Waals surface area (Å²) in [6, 6.07) is 7.35. The minimum atomic E-state index is -0.566. The molecular weight excluding hydrogens is 308 g/mol. The topological polar surface area (TPSA) is 72.8 Å². The van der Waals surface area contributed by atoms with Crippen LogP contribution < -0.4 is 4.74 Å². The van der Waals surface area contributed by atoms with Crippen molar-refractivity contribution < 1.29 is 24.2 Å². The van der Waals surface area contributed by atoms with Gasteiger partial charge in [-0.1, -0.05) is 26.0 Å². The summed E-state index contributed by atoms with van der Waals surface area (Å²) in [5, 5.41) is 8.79. The SMILES string of the molecule is CCC(C)(CC(C)c1ccc(OC(C)=O)cc1)C(=O)OCCCO. The van der Waals surface area contributed by atoms with E-state index < -0.39 is 5.41 Å². The highest BCUT2D eigenvalue weighted by molar-refractivity contribution is 5.76. The van der Waals surface area contributed by atoms with Gasteiger partial charge in [0.05, 0.1) is 12.0 Å². The predicted octanol–water partition coefficient (Wildman–Crippen LogP) is 3.45. The molecule has 1 N–H and O–H groups in total. The van der Waals surface area contributed by atoms with Crippen LogP contribution in [-0.2, 0) is 14.3 Å². The lowest BCUT2D eigenvalue weighted by atomic mass is 9.77. The Morgan fingerprint density at radius 1 is 1.25 bits per heavy atom. The first-order valence-corrected chi connectivity index (χ1v) is 8.39. The Labute approximate surface area is 144 Å². The van der Waals surface area contributed by atoms with E-state index in [0.29, 0.717) is 25.0 Å². The molecule has 0 aliphatic heterocycles. The van der Waals surface area contributed by atoms with E-state index in [0.717, 1.165) is 5.56 Å². The maximum Gasteiger partial charge on any atom is 0.311 e. The lowest BCUT2D eigenvalue weighted by molar-refractivity contribution is -0.156. The highest BCUT2D eigenvalue weighted by atomic mass is 16.5. The fraction of sp³-hybridized carbons (Fsp3) is 0.579. The fourth-order valence-electron chi connectivity index (χ4n) is 2.60. The Hall–Kier alpha value is -1.88. The molecule has 0 saturated carbocycles. The van der Waals surface area contributed by atoms with E-state index in [9.17, 15) is 9.59 Å². The minimum Gasteiger partial charge on any atom is -0.465 e. The summed E-state index contributed by atoms with van der Waals surface area (Å²) in [5.74, 6) is 0.105. The molecule has 0 fully saturated rings. The van der Waals surface area contributed by atoms with Crippen LogP contribution in [0.15, 0.2) is 24.3 Å². The number of aliphatic hydroxyl groups excluding tert-OH is 1. The molecule has 0 amide bonds. The number of carbonyl (C=O) groups excluding carboxylic acids is 2. The Balaban J connectivity index is 2.73. The molecule has 2 atom stereocenters. The molecule has 0 saturated heterocycles. The van der Waals surface area contributed by atoms with Gasteiger partial charge in [0, 0.05) is 20.0 Å². The van der Waals surface area contributed by atoms with Gasteiger partial charge < -0.3 is 14.6 Å². The summed E-state index contributed by atoms with van der Waals surface area (Å²) in [6.07, 6.45) is 1.80. The number of carbonyl (C=O) groups is 2. The molecule has 0 radical (unpaired) electrons. The highest BCUT2D eigenvalue weighted by Gasteiger charge is 2.34. The molecule has 24 heavy (non-hydrogen) atoms. The first-order chi connectivity index (χ1) is 11.3. The van der Waals surface area contributed by atoms with Gasteiger partial charge in [-0.3, -0.25) is 9.59 Å². The molecule has 1 aromatic rings. The zero-order chi connectivity index (χ0) is 18.2. The van der Waals surface area contributed by atoms with Crippen LogP contribution in [-0.4, -0.2) is 30.3 Å². The Morgan fingerprint density at radius 2 is 1.88 bits per heavy atom. The molecule has 0 heterocycles. The van der Waals surface area contributed by atoms with Gasteiger partial charge >= 0.3 is 11.9 Å². The molecule has 1 aromatic carbocycles. The van der Waals surface area contributed by atoms with Crippen LogP contribution in [0.3, 0.4) is 0 Å². The normalized spacial score (nSPS) is 14.5. The van der Waals surface area contributed by atoms with Crippen molar-refractivity contribution >= 4 is 11.9 Å². The first-order valence-electron chi connectivity index (χ1n) is 8.39. The number of aliphatic hydroxyl groups is 1. The zero-order valence-corrected chi connectivity index (χ0v) is 15.0. The van der Waals surface area contributed by atoms with Crippen molar-refractivity contribution in [1.29, 1.82) is 0 Å². The van der Waals surface area contributed by atoms with E-state index in [1.165, 1.54) is 6.92 Å². The van der Waals surface area contributed by atoms with Gasteiger partial charge in [0.2, 0.25) is 0 Å². The Bertz CT molecular complexity index is 537. The van der Waals surface area contributed by atoms with E-state index in [2.05, 4.69) is 6.92 Å². The minimum absolute atomic E-state index is 0.0151. The molecule has 0 aliphatic carbocycles. The number of rotatable bonds is 9. The van der Waals surface area contributed by atoms with Crippen LogP contribution >= 0.6 is 0 Å². The van der Waals surface area contributed by atoms with Gasteiger partial charge in [0.1, 0.15) is 5.75 Å². The van der Waals surface area contributed by atoms with Crippen LogP contribution in [0.4, 0.5) is 0 Å². The van der Waals surface area contributed by atoms with Crippen molar-refractivity contribution in [1.82, 2.24) is 0 Å². The maximum absolute atomic E-state index is 12.4. The zero-order valence-electron chi connectivity index (χ0n) is 15.0. The quantitative estimate of drug-likeness (QED) is 0.425. The number of esters is 2. The van der Waals surface area contributed by atoms with Gasteiger partial charge in [0.15, 0.2) is 0 Å². The summed E-state index contributed by atoms with van der Waals surface area (Å²) in [5.41, 5.74) is 0.511. The second-order valence-electron chi connectivity index (χ2n) is 6.40. The first kappa shape index (κ1) is 20.2. The van der Waals surface area contributed by atoms with Crippen molar-refractivity contribution in [3.63, 3.8) is 0 Å². The van der Waals surface area contributed by atoms with Crippen LogP contribution in [0.5, 0.6) is 5.75 Å². The second-order valence-corrected chi connectivity index (χ2v) is 6.40. The van der Waals surface area contributed by atoms with E-state index in [4.69, 9.17) is 14.6 Å². The molecule has 5 heteroatoms.